The van der Waals surface area contributed by atoms with E-state index >= 15 is 0 Å². The van der Waals surface area contributed by atoms with Crippen molar-refractivity contribution in [1.82, 2.24) is 9.62 Å². The molecule has 1 aromatic carbocycles. The van der Waals surface area contributed by atoms with Crippen molar-refractivity contribution in [3.05, 3.63) is 27.8 Å². The highest BCUT2D eigenvalue weighted by Crippen LogP contribution is 2.29. The minimum Gasteiger partial charge on any atom is -0.306 e. The zero-order chi connectivity index (χ0) is 17.4. The van der Waals surface area contributed by atoms with Crippen LogP contribution in [0.5, 0.6) is 0 Å². The van der Waals surface area contributed by atoms with E-state index in [9.17, 15) is 8.42 Å². The number of piperidine rings is 1. The van der Waals surface area contributed by atoms with Crippen LogP contribution in [0.2, 0.25) is 0 Å². The number of benzene rings is 1. The second-order valence-corrected chi connectivity index (χ2v) is 8.76. The molecule has 5 heteroatoms. The fourth-order valence-corrected chi connectivity index (χ4v) is 5.15. The molecule has 4 nitrogen and oxygen atoms in total. The number of sulfonamides is 1. The van der Waals surface area contributed by atoms with E-state index in [-0.39, 0.29) is 0 Å². The summed E-state index contributed by atoms with van der Waals surface area (Å²) in [6.07, 6.45) is 2.12. The van der Waals surface area contributed by atoms with Gasteiger partial charge < -0.3 is 4.90 Å². The van der Waals surface area contributed by atoms with Crippen LogP contribution in [0.1, 0.15) is 40.7 Å². The van der Waals surface area contributed by atoms with Gasteiger partial charge in [0.25, 0.3) is 0 Å². The summed E-state index contributed by atoms with van der Waals surface area (Å²) >= 11 is 0. The van der Waals surface area contributed by atoms with Crippen molar-refractivity contribution in [3.8, 4) is 0 Å². The maximum absolute atomic E-state index is 12.9. The molecule has 0 aromatic heterocycles. The van der Waals surface area contributed by atoms with E-state index in [1.807, 2.05) is 27.7 Å². The van der Waals surface area contributed by atoms with E-state index in [0.717, 1.165) is 48.2 Å². The standard InChI is InChI=1S/C18H30N2O2S/c1-12-13(2)15(4)18(16(5)14(12)3)23(21,22)19-11-17-7-9-20(6)10-8-17/h17,19H,7-11H2,1-6H3. The number of nitrogens with zero attached hydrogens (tertiary/aromatic N) is 1. The zero-order valence-corrected chi connectivity index (χ0v) is 16.1. The molecule has 1 heterocycles. The van der Waals surface area contributed by atoms with Gasteiger partial charge in [0.15, 0.2) is 0 Å². The van der Waals surface area contributed by atoms with E-state index < -0.39 is 10.0 Å². The van der Waals surface area contributed by atoms with Crippen molar-refractivity contribution in [1.29, 1.82) is 0 Å². The highest BCUT2D eigenvalue weighted by molar-refractivity contribution is 7.89. The largest absolute Gasteiger partial charge is 0.306 e. The van der Waals surface area contributed by atoms with E-state index in [1.54, 1.807) is 0 Å². The van der Waals surface area contributed by atoms with Crippen LogP contribution >= 0.6 is 0 Å². The molecular formula is C18H30N2O2S. The fourth-order valence-electron chi connectivity index (χ4n) is 3.43. The average Bonchev–Trinajstić information content (AvgIpc) is 2.50. The Morgan fingerprint density at radius 1 is 0.913 bits per heavy atom. The van der Waals surface area contributed by atoms with Crippen LogP contribution in [0.15, 0.2) is 4.90 Å². The maximum atomic E-state index is 12.9. The Morgan fingerprint density at radius 3 is 1.83 bits per heavy atom. The lowest BCUT2D eigenvalue weighted by atomic mass is 9.95. The van der Waals surface area contributed by atoms with Gasteiger partial charge in [0.05, 0.1) is 4.90 Å². The Kier molecular flexibility index (Phi) is 5.54. The molecule has 1 aliphatic heterocycles. The lowest BCUT2D eigenvalue weighted by molar-refractivity contribution is 0.220. The summed E-state index contributed by atoms with van der Waals surface area (Å²) in [5, 5.41) is 0. The monoisotopic (exact) mass is 338 g/mol. The van der Waals surface area contributed by atoms with Crippen LogP contribution in [0, 0.1) is 40.5 Å². The summed E-state index contributed by atoms with van der Waals surface area (Å²) < 4.78 is 28.6. The van der Waals surface area contributed by atoms with Crippen molar-refractivity contribution in [2.75, 3.05) is 26.7 Å². The predicted octanol–water partition coefficient (Wildman–Crippen LogP) is 2.85. The molecule has 0 amide bonds. The second kappa shape index (κ2) is 6.91. The van der Waals surface area contributed by atoms with E-state index in [4.69, 9.17) is 0 Å². The van der Waals surface area contributed by atoms with Gasteiger partial charge in [-0.3, -0.25) is 0 Å². The quantitative estimate of drug-likeness (QED) is 0.918. The molecule has 1 aliphatic rings. The molecule has 0 spiro atoms. The molecule has 0 atom stereocenters. The van der Waals surface area contributed by atoms with Crippen LogP contribution in [-0.4, -0.2) is 40.0 Å². The maximum Gasteiger partial charge on any atom is 0.241 e. The first-order chi connectivity index (χ1) is 10.6. The summed E-state index contributed by atoms with van der Waals surface area (Å²) in [5.41, 5.74) is 5.10. The Balaban J connectivity index is 2.23. The molecular weight excluding hydrogens is 308 g/mol. The molecule has 1 saturated heterocycles. The van der Waals surface area contributed by atoms with Gasteiger partial charge in [0.1, 0.15) is 0 Å². The van der Waals surface area contributed by atoms with Crippen molar-refractivity contribution in [3.63, 3.8) is 0 Å². The van der Waals surface area contributed by atoms with Crippen molar-refractivity contribution < 1.29 is 8.42 Å². The SMILES string of the molecule is Cc1c(C)c(C)c(S(=O)(=O)NCC2CCN(C)CC2)c(C)c1C. The lowest BCUT2D eigenvalue weighted by Gasteiger charge is -2.29. The number of hydrogen-bond acceptors (Lipinski definition) is 3. The predicted molar refractivity (Wildman–Crippen MR) is 95.5 cm³/mol. The minimum atomic E-state index is -3.46. The van der Waals surface area contributed by atoms with Gasteiger partial charge in [-0.15, -0.1) is 0 Å². The summed E-state index contributed by atoms with van der Waals surface area (Å²) in [4.78, 5) is 2.78. The highest BCUT2D eigenvalue weighted by Gasteiger charge is 2.25. The zero-order valence-electron chi connectivity index (χ0n) is 15.3. The highest BCUT2D eigenvalue weighted by atomic mass is 32.2. The first-order valence-corrected chi connectivity index (χ1v) is 9.88. The Hall–Kier alpha value is -0.910. The summed E-state index contributed by atoms with van der Waals surface area (Å²) in [7, 11) is -1.34. The van der Waals surface area contributed by atoms with E-state index in [1.165, 1.54) is 5.56 Å². The Bertz CT molecular complexity index is 658. The summed E-state index contributed by atoms with van der Waals surface area (Å²) in [6.45, 7) is 12.5. The van der Waals surface area contributed by atoms with Gasteiger partial charge >= 0.3 is 0 Å². The molecule has 0 radical (unpaired) electrons. The molecule has 2 rings (SSSR count). The Labute approximate surface area is 141 Å². The van der Waals surface area contributed by atoms with Crippen LogP contribution in [0.4, 0.5) is 0 Å². The van der Waals surface area contributed by atoms with Crippen LogP contribution in [-0.2, 0) is 10.0 Å². The van der Waals surface area contributed by atoms with Crippen LogP contribution < -0.4 is 4.72 Å². The van der Waals surface area contributed by atoms with Crippen molar-refractivity contribution in [2.45, 2.75) is 52.4 Å². The molecule has 1 N–H and O–H groups in total. The van der Waals surface area contributed by atoms with Gasteiger partial charge in [-0.05, 0) is 101 Å². The first-order valence-electron chi connectivity index (χ1n) is 8.40. The number of hydrogen-bond donors (Lipinski definition) is 1. The number of likely N-dealkylation sites (tertiary alicyclic amines) is 1. The third-order valence-corrected chi connectivity index (χ3v) is 7.30. The van der Waals surface area contributed by atoms with Crippen molar-refractivity contribution in [2.24, 2.45) is 5.92 Å². The molecule has 1 aromatic rings. The minimum absolute atomic E-state index is 0.439. The van der Waals surface area contributed by atoms with Crippen molar-refractivity contribution >= 4 is 10.0 Å². The van der Waals surface area contributed by atoms with Crippen LogP contribution in [0.25, 0.3) is 0 Å². The topological polar surface area (TPSA) is 49.4 Å². The Morgan fingerprint density at radius 2 is 1.35 bits per heavy atom. The second-order valence-electron chi connectivity index (χ2n) is 7.05. The normalized spacial score (nSPS) is 17.7. The molecule has 0 bridgehead atoms. The lowest BCUT2D eigenvalue weighted by Crippen LogP contribution is -2.37. The van der Waals surface area contributed by atoms with Gasteiger partial charge in [-0.25, -0.2) is 13.1 Å². The fraction of sp³-hybridized carbons (Fsp3) is 0.667. The smallest absolute Gasteiger partial charge is 0.241 e. The molecule has 23 heavy (non-hydrogen) atoms. The summed E-state index contributed by atoms with van der Waals surface area (Å²) in [5.74, 6) is 0.439. The number of nitrogens with one attached hydrogen (secondary N) is 1. The molecule has 1 fully saturated rings. The van der Waals surface area contributed by atoms with Gasteiger partial charge in [-0.1, -0.05) is 0 Å². The average molecular weight is 339 g/mol. The van der Waals surface area contributed by atoms with Gasteiger partial charge in [0, 0.05) is 6.54 Å². The molecule has 0 aliphatic carbocycles. The van der Waals surface area contributed by atoms with Gasteiger partial charge in [0.2, 0.25) is 10.0 Å². The van der Waals surface area contributed by atoms with E-state index in [2.05, 4.69) is 23.6 Å². The number of rotatable bonds is 4. The van der Waals surface area contributed by atoms with Crippen LogP contribution in [0.3, 0.4) is 0 Å². The molecule has 0 saturated carbocycles. The third kappa shape index (κ3) is 3.78. The molecule has 130 valence electrons. The first kappa shape index (κ1) is 18.4. The summed E-state index contributed by atoms with van der Waals surface area (Å²) in [6, 6.07) is 0. The van der Waals surface area contributed by atoms with E-state index in [0.29, 0.717) is 17.4 Å². The molecule has 0 unspecified atom stereocenters. The third-order valence-electron chi connectivity index (χ3n) is 5.60. The van der Waals surface area contributed by atoms with Gasteiger partial charge in [-0.2, -0.15) is 0 Å².